The van der Waals surface area contributed by atoms with Gasteiger partial charge < -0.3 is 5.73 Å². The number of aryl methyl sites for hydroxylation is 3. The Morgan fingerprint density at radius 1 is 1.29 bits per heavy atom. The summed E-state index contributed by atoms with van der Waals surface area (Å²) in [6.45, 7) is 6.22. The second-order valence-electron chi connectivity index (χ2n) is 4.06. The molecule has 2 N–H and O–H groups in total. The first-order chi connectivity index (χ1) is 8.06. The maximum atomic E-state index is 5.80. The van der Waals surface area contributed by atoms with Gasteiger partial charge in [0.1, 0.15) is 5.01 Å². The Balaban J connectivity index is 2.04. The lowest BCUT2D eigenvalue weighted by molar-refractivity contribution is 1.16. The lowest BCUT2D eigenvalue weighted by Crippen LogP contribution is -1.89. The third-order valence-electron chi connectivity index (χ3n) is 2.68. The largest absolute Gasteiger partial charge is 0.399 e. The van der Waals surface area contributed by atoms with Gasteiger partial charge in [0.15, 0.2) is 0 Å². The molecule has 0 saturated heterocycles. The average molecular weight is 264 g/mol. The monoisotopic (exact) mass is 264 g/mol. The van der Waals surface area contributed by atoms with Crippen LogP contribution in [0.4, 0.5) is 5.69 Å². The summed E-state index contributed by atoms with van der Waals surface area (Å²) in [4.78, 5) is 7.10. The molecular formula is C13H16N2S2. The van der Waals surface area contributed by atoms with Crippen LogP contribution in [0.25, 0.3) is 0 Å². The summed E-state index contributed by atoms with van der Waals surface area (Å²) in [6, 6.07) is 6.17. The van der Waals surface area contributed by atoms with E-state index in [0.717, 1.165) is 22.7 Å². The molecule has 0 spiro atoms. The van der Waals surface area contributed by atoms with Crippen LogP contribution in [0.2, 0.25) is 0 Å². The van der Waals surface area contributed by atoms with Crippen LogP contribution in [0.5, 0.6) is 0 Å². The third-order valence-corrected chi connectivity index (χ3v) is 4.94. The van der Waals surface area contributed by atoms with Gasteiger partial charge in [0.25, 0.3) is 0 Å². The fourth-order valence-electron chi connectivity index (χ4n) is 1.48. The van der Waals surface area contributed by atoms with Crippen LogP contribution in [0.3, 0.4) is 0 Å². The molecule has 1 aromatic carbocycles. The van der Waals surface area contributed by atoms with Crippen molar-refractivity contribution in [3.8, 4) is 0 Å². The van der Waals surface area contributed by atoms with Crippen LogP contribution < -0.4 is 5.73 Å². The predicted molar refractivity (Wildman–Crippen MR) is 76.7 cm³/mol. The standard InChI is InChI=1S/C13H16N2S2/c1-8-6-11(4-5-12(8)14)16-7-13-15-9(2)10(3)17-13/h4-6H,7,14H2,1-3H3. The van der Waals surface area contributed by atoms with E-state index in [9.17, 15) is 0 Å². The summed E-state index contributed by atoms with van der Waals surface area (Å²) >= 11 is 3.60. The number of thiazole rings is 1. The molecule has 0 bridgehead atoms. The molecule has 4 heteroatoms. The second-order valence-corrected chi connectivity index (χ2v) is 6.39. The fourth-order valence-corrected chi connectivity index (χ4v) is 3.40. The van der Waals surface area contributed by atoms with Gasteiger partial charge in [-0.3, -0.25) is 0 Å². The average Bonchev–Trinajstić information content (AvgIpc) is 2.60. The summed E-state index contributed by atoms with van der Waals surface area (Å²) < 4.78 is 0. The highest BCUT2D eigenvalue weighted by Crippen LogP contribution is 2.28. The van der Waals surface area contributed by atoms with Gasteiger partial charge in [0, 0.05) is 15.5 Å². The Morgan fingerprint density at radius 3 is 2.65 bits per heavy atom. The van der Waals surface area contributed by atoms with Crippen molar-refractivity contribution in [3.05, 3.63) is 39.3 Å². The summed E-state index contributed by atoms with van der Waals surface area (Å²) in [5.74, 6) is 0.933. The second kappa shape index (κ2) is 5.10. The van der Waals surface area contributed by atoms with Crippen molar-refractivity contribution >= 4 is 28.8 Å². The zero-order chi connectivity index (χ0) is 12.4. The van der Waals surface area contributed by atoms with Crippen molar-refractivity contribution in [2.75, 3.05) is 5.73 Å². The highest BCUT2D eigenvalue weighted by molar-refractivity contribution is 7.98. The molecule has 2 nitrogen and oxygen atoms in total. The van der Waals surface area contributed by atoms with E-state index in [-0.39, 0.29) is 0 Å². The Bertz CT molecular complexity index is 513. The molecule has 0 saturated carbocycles. The number of aromatic nitrogens is 1. The van der Waals surface area contributed by atoms with E-state index in [2.05, 4.69) is 31.0 Å². The number of rotatable bonds is 3. The lowest BCUT2D eigenvalue weighted by atomic mass is 10.2. The number of hydrogen-bond donors (Lipinski definition) is 1. The molecule has 0 unspecified atom stereocenters. The van der Waals surface area contributed by atoms with Gasteiger partial charge in [-0.2, -0.15) is 0 Å². The van der Waals surface area contributed by atoms with E-state index in [0.29, 0.717) is 0 Å². The maximum absolute atomic E-state index is 5.80. The molecule has 0 aliphatic rings. The molecule has 2 rings (SSSR count). The number of nitrogens with zero attached hydrogens (tertiary/aromatic N) is 1. The highest BCUT2D eigenvalue weighted by atomic mass is 32.2. The van der Waals surface area contributed by atoms with Crippen molar-refractivity contribution in [1.29, 1.82) is 0 Å². The molecular weight excluding hydrogens is 248 g/mol. The van der Waals surface area contributed by atoms with Crippen molar-refractivity contribution < 1.29 is 0 Å². The van der Waals surface area contributed by atoms with Gasteiger partial charge in [0.05, 0.1) is 11.4 Å². The number of nitrogens with two attached hydrogens (primary N) is 1. The molecule has 0 aliphatic heterocycles. The molecule has 0 aliphatic carbocycles. The zero-order valence-corrected chi connectivity index (χ0v) is 11.9. The zero-order valence-electron chi connectivity index (χ0n) is 10.3. The molecule has 1 aromatic heterocycles. The number of thioether (sulfide) groups is 1. The van der Waals surface area contributed by atoms with E-state index < -0.39 is 0 Å². The Hall–Kier alpha value is -1.00. The summed E-state index contributed by atoms with van der Waals surface area (Å²) in [5, 5.41) is 1.19. The minimum absolute atomic E-state index is 0.857. The van der Waals surface area contributed by atoms with Gasteiger partial charge >= 0.3 is 0 Å². The van der Waals surface area contributed by atoms with E-state index in [4.69, 9.17) is 5.73 Å². The third kappa shape index (κ3) is 3.01. The topological polar surface area (TPSA) is 38.9 Å². The van der Waals surface area contributed by atoms with Gasteiger partial charge in [0.2, 0.25) is 0 Å². The molecule has 0 radical (unpaired) electrons. The first-order valence-electron chi connectivity index (χ1n) is 5.48. The van der Waals surface area contributed by atoms with Crippen LogP contribution >= 0.6 is 23.1 Å². The van der Waals surface area contributed by atoms with Crippen molar-refractivity contribution in [3.63, 3.8) is 0 Å². The predicted octanol–water partition coefficient (Wildman–Crippen LogP) is 3.94. The van der Waals surface area contributed by atoms with Crippen LogP contribution in [0, 0.1) is 20.8 Å². The van der Waals surface area contributed by atoms with Gasteiger partial charge in [-0.05, 0) is 44.5 Å². The summed E-state index contributed by atoms with van der Waals surface area (Å²) in [6.07, 6.45) is 0. The Labute approximate surface area is 110 Å². The Kier molecular flexibility index (Phi) is 3.74. The van der Waals surface area contributed by atoms with Crippen LogP contribution in [-0.4, -0.2) is 4.98 Å². The van der Waals surface area contributed by atoms with Gasteiger partial charge in [-0.25, -0.2) is 4.98 Å². The van der Waals surface area contributed by atoms with E-state index in [1.54, 1.807) is 11.3 Å². The lowest BCUT2D eigenvalue weighted by Gasteiger charge is -2.03. The smallest absolute Gasteiger partial charge is 0.103 e. The molecule has 17 heavy (non-hydrogen) atoms. The molecule has 2 aromatic rings. The molecule has 90 valence electrons. The quantitative estimate of drug-likeness (QED) is 0.674. The molecule has 0 fully saturated rings. The minimum Gasteiger partial charge on any atom is -0.399 e. The summed E-state index contributed by atoms with van der Waals surface area (Å²) in [5.41, 5.74) is 8.95. The highest BCUT2D eigenvalue weighted by Gasteiger charge is 2.04. The first kappa shape index (κ1) is 12.5. The van der Waals surface area contributed by atoms with Crippen LogP contribution in [-0.2, 0) is 5.75 Å². The van der Waals surface area contributed by atoms with Crippen LogP contribution in [0.15, 0.2) is 23.1 Å². The van der Waals surface area contributed by atoms with E-state index >= 15 is 0 Å². The maximum Gasteiger partial charge on any atom is 0.103 e. The van der Waals surface area contributed by atoms with Crippen molar-refractivity contribution in [1.82, 2.24) is 4.98 Å². The number of benzene rings is 1. The van der Waals surface area contributed by atoms with Crippen LogP contribution in [0.1, 0.15) is 21.1 Å². The SMILES string of the molecule is Cc1cc(SCc2nc(C)c(C)s2)ccc1N. The molecule has 1 heterocycles. The molecule has 0 amide bonds. The Morgan fingerprint density at radius 2 is 2.06 bits per heavy atom. The fraction of sp³-hybridized carbons (Fsp3) is 0.308. The first-order valence-corrected chi connectivity index (χ1v) is 7.28. The van der Waals surface area contributed by atoms with Crippen molar-refractivity contribution in [2.24, 2.45) is 0 Å². The number of hydrogen-bond acceptors (Lipinski definition) is 4. The van der Waals surface area contributed by atoms with Crippen molar-refractivity contribution in [2.45, 2.75) is 31.4 Å². The van der Waals surface area contributed by atoms with E-state index in [1.165, 1.54) is 14.8 Å². The molecule has 0 atom stereocenters. The van der Waals surface area contributed by atoms with E-state index in [1.807, 2.05) is 24.8 Å². The normalized spacial score (nSPS) is 10.8. The number of anilines is 1. The number of nitrogen functional groups attached to an aromatic ring is 1. The summed E-state index contributed by atoms with van der Waals surface area (Å²) in [7, 11) is 0. The minimum atomic E-state index is 0.857. The van der Waals surface area contributed by atoms with Gasteiger partial charge in [-0.15, -0.1) is 23.1 Å². The van der Waals surface area contributed by atoms with Gasteiger partial charge in [-0.1, -0.05) is 0 Å².